The minimum atomic E-state index is 1.01. The molecule has 78 valence electrons. The minimum absolute atomic E-state index is 1.01. The fourth-order valence-electron chi connectivity index (χ4n) is 2.09. The van der Waals surface area contributed by atoms with Crippen molar-refractivity contribution in [1.82, 2.24) is 0 Å². The van der Waals surface area contributed by atoms with E-state index >= 15 is 0 Å². The lowest BCUT2D eigenvalue weighted by Crippen LogP contribution is -1.80. The molecule has 2 heteroatoms. The van der Waals surface area contributed by atoms with Crippen LogP contribution in [0, 0.1) is 12.3 Å². The van der Waals surface area contributed by atoms with E-state index < -0.39 is 0 Å². The molecule has 0 atom stereocenters. The van der Waals surface area contributed by atoms with Gasteiger partial charge in [0, 0.05) is 32.0 Å². The van der Waals surface area contributed by atoms with Gasteiger partial charge in [0.05, 0.1) is 0 Å². The van der Waals surface area contributed by atoms with Crippen molar-refractivity contribution in [2.24, 2.45) is 0 Å². The predicted octanol–water partition coefficient (Wildman–Crippen LogP) is 4.36. The Morgan fingerprint density at radius 2 is 2.00 bits per heavy atom. The van der Waals surface area contributed by atoms with E-state index in [0.717, 1.165) is 5.56 Å². The smallest absolute Gasteiger partial charge is 0.0361 e. The normalized spacial score (nSPS) is 11.1. The molecular formula is C14H11NS. The van der Waals surface area contributed by atoms with Gasteiger partial charge in [0.1, 0.15) is 0 Å². The van der Waals surface area contributed by atoms with Crippen molar-refractivity contribution in [3.8, 4) is 0 Å². The van der Waals surface area contributed by atoms with Gasteiger partial charge in [-0.1, -0.05) is 23.8 Å². The first-order valence-corrected chi connectivity index (χ1v) is 6.03. The first kappa shape index (κ1) is 9.55. The molecule has 3 rings (SSSR count). The van der Waals surface area contributed by atoms with Gasteiger partial charge < -0.3 is 5.41 Å². The standard InChI is InChI=1S/C14H11NS/c1-9-5-6-12-11(7-9)14-10(8-15)3-2-4-13(14)16-12/h2-8,15H,1H3. The van der Waals surface area contributed by atoms with Gasteiger partial charge >= 0.3 is 0 Å². The molecule has 1 nitrogen and oxygen atoms in total. The van der Waals surface area contributed by atoms with Gasteiger partial charge in [0.25, 0.3) is 0 Å². The number of benzene rings is 2. The number of fused-ring (bicyclic) bond motifs is 3. The summed E-state index contributed by atoms with van der Waals surface area (Å²) in [5, 5.41) is 9.97. The predicted molar refractivity (Wildman–Crippen MR) is 72.0 cm³/mol. The minimum Gasteiger partial charge on any atom is -0.308 e. The van der Waals surface area contributed by atoms with Crippen LogP contribution < -0.4 is 0 Å². The van der Waals surface area contributed by atoms with Crippen LogP contribution in [0.1, 0.15) is 11.1 Å². The van der Waals surface area contributed by atoms with E-state index in [9.17, 15) is 0 Å². The molecule has 1 aromatic heterocycles. The third-order valence-electron chi connectivity index (χ3n) is 2.84. The molecule has 3 aromatic rings. The molecule has 0 spiro atoms. The largest absolute Gasteiger partial charge is 0.308 e. The van der Waals surface area contributed by atoms with Crippen molar-refractivity contribution in [1.29, 1.82) is 5.41 Å². The van der Waals surface area contributed by atoms with Crippen molar-refractivity contribution in [2.75, 3.05) is 0 Å². The fourth-order valence-corrected chi connectivity index (χ4v) is 3.21. The molecule has 0 fully saturated rings. The highest BCUT2D eigenvalue weighted by Crippen LogP contribution is 2.35. The van der Waals surface area contributed by atoms with Crippen LogP contribution in [0.3, 0.4) is 0 Å². The summed E-state index contributed by atoms with van der Waals surface area (Å²) in [6.07, 6.45) is 1.44. The number of aryl methyl sites for hydroxylation is 1. The highest BCUT2D eigenvalue weighted by molar-refractivity contribution is 7.25. The van der Waals surface area contributed by atoms with Crippen molar-refractivity contribution in [2.45, 2.75) is 6.92 Å². The van der Waals surface area contributed by atoms with Crippen LogP contribution in [0.2, 0.25) is 0 Å². The van der Waals surface area contributed by atoms with Crippen molar-refractivity contribution in [3.63, 3.8) is 0 Å². The van der Waals surface area contributed by atoms with Crippen LogP contribution >= 0.6 is 11.3 Å². The molecule has 2 aromatic carbocycles. The SMILES string of the molecule is Cc1ccc2sc3cccc(C=N)c3c2c1. The maximum atomic E-state index is 7.47. The molecule has 0 amide bonds. The van der Waals surface area contributed by atoms with Crippen LogP contribution in [0.5, 0.6) is 0 Å². The Kier molecular flexibility index (Phi) is 2.04. The molecule has 0 unspecified atom stereocenters. The van der Waals surface area contributed by atoms with E-state index in [-0.39, 0.29) is 0 Å². The monoisotopic (exact) mass is 225 g/mol. The Morgan fingerprint density at radius 1 is 1.12 bits per heavy atom. The third-order valence-corrected chi connectivity index (χ3v) is 3.97. The molecule has 0 aliphatic carbocycles. The van der Waals surface area contributed by atoms with E-state index in [1.807, 2.05) is 12.1 Å². The molecule has 0 aliphatic heterocycles. The molecule has 0 saturated carbocycles. The molecule has 0 aliphatic rings. The van der Waals surface area contributed by atoms with Gasteiger partial charge in [-0.25, -0.2) is 0 Å². The lowest BCUT2D eigenvalue weighted by Gasteiger charge is -1.97. The Labute approximate surface area is 97.9 Å². The summed E-state index contributed by atoms with van der Waals surface area (Å²) in [5.41, 5.74) is 2.28. The molecule has 0 bridgehead atoms. The fraction of sp³-hybridized carbons (Fsp3) is 0.0714. The molecular weight excluding hydrogens is 214 g/mol. The van der Waals surface area contributed by atoms with Gasteiger partial charge in [-0.3, -0.25) is 0 Å². The van der Waals surface area contributed by atoms with Crippen LogP contribution in [-0.2, 0) is 0 Å². The van der Waals surface area contributed by atoms with E-state index in [1.54, 1.807) is 11.3 Å². The van der Waals surface area contributed by atoms with Gasteiger partial charge in [0.2, 0.25) is 0 Å². The summed E-state index contributed by atoms with van der Waals surface area (Å²) in [6, 6.07) is 12.7. The summed E-state index contributed by atoms with van der Waals surface area (Å²) in [6.45, 7) is 2.11. The van der Waals surface area contributed by atoms with Crippen LogP contribution in [0.15, 0.2) is 36.4 Å². The molecule has 0 radical (unpaired) electrons. The zero-order valence-electron chi connectivity index (χ0n) is 8.95. The number of rotatable bonds is 1. The summed E-state index contributed by atoms with van der Waals surface area (Å²) < 4.78 is 2.57. The number of hydrogen-bond acceptors (Lipinski definition) is 2. The van der Waals surface area contributed by atoms with E-state index in [2.05, 4.69) is 31.2 Å². The highest BCUT2D eigenvalue weighted by atomic mass is 32.1. The zero-order chi connectivity index (χ0) is 11.1. The second kappa shape index (κ2) is 3.42. The van der Waals surface area contributed by atoms with Gasteiger partial charge in [-0.2, -0.15) is 0 Å². The van der Waals surface area contributed by atoms with Crippen molar-refractivity contribution >= 4 is 37.7 Å². The quantitative estimate of drug-likeness (QED) is 0.595. The van der Waals surface area contributed by atoms with E-state index in [4.69, 9.17) is 5.41 Å². The molecule has 16 heavy (non-hydrogen) atoms. The zero-order valence-corrected chi connectivity index (χ0v) is 9.77. The summed E-state index contributed by atoms with van der Waals surface area (Å²) in [5.74, 6) is 0. The number of hydrogen-bond donors (Lipinski definition) is 1. The topological polar surface area (TPSA) is 23.9 Å². The average molecular weight is 225 g/mol. The van der Waals surface area contributed by atoms with E-state index in [1.165, 1.54) is 32.0 Å². The average Bonchev–Trinajstić information content (AvgIpc) is 2.66. The Bertz CT molecular complexity index is 694. The van der Waals surface area contributed by atoms with Crippen molar-refractivity contribution in [3.05, 3.63) is 47.5 Å². The lowest BCUT2D eigenvalue weighted by atomic mass is 10.1. The summed E-state index contributed by atoms with van der Waals surface area (Å²) in [7, 11) is 0. The second-order valence-corrected chi connectivity index (χ2v) is 5.05. The third kappa shape index (κ3) is 1.27. The first-order valence-electron chi connectivity index (χ1n) is 5.22. The maximum absolute atomic E-state index is 7.47. The summed E-state index contributed by atoms with van der Waals surface area (Å²) >= 11 is 1.80. The summed E-state index contributed by atoms with van der Waals surface area (Å²) in [4.78, 5) is 0. The molecule has 0 saturated heterocycles. The number of nitrogens with one attached hydrogen (secondary N) is 1. The Balaban J connectivity index is 2.59. The maximum Gasteiger partial charge on any atom is 0.0361 e. The molecule has 1 N–H and O–H groups in total. The van der Waals surface area contributed by atoms with E-state index in [0.29, 0.717) is 0 Å². The van der Waals surface area contributed by atoms with Gasteiger partial charge in [-0.05, 0) is 25.1 Å². The van der Waals surface area contributed by atoms with Crippen LogP contribution in [-0.4, -0.2) is 6.21 Å². The number of thiophene rings is 1. The Morgan fingerprint density at radius 3 is 2.81 bits per heavy atom. The van der Waals surface area contributed by atoms with Crippen LogP contribution in [0.4, 0.5) is 0 Å². The Hall–Kier alpha value is -1.67. The second-order valence-electron chi connectivity index (χ2n) is 3.97. The first-order chi connectivity index (χ1) is 7.79. The van der Waals surface area contributed by atoms with Crippen molar-refractivity contribution < 1.29 is 0 Å². The van der Waals surface area contributed by atoms with Gasteiger partial charge in [-0.15, -0.1) is 11.3 Å². The lowest BCUT2D eigenvalue weighted by molar-refractivity contribution is 1.52. The highest BCUT2D eigenvalue weighted by Gasteiger charge is 2.07. The van der Waals surface area contributed by atoms with Gasteiger partial charge in [0.15, 0.2) is 0 Å². The van der Waals surface area contributed by atoms with Crippen LogP contribution in [0.25, 0.3) is 20.2 Å². The molecule has 1 heterocycles.